The lowest BCUT2D eigenvalue weighted by molar-refractivity contribution is -0.115. The molecule has 0 heterocycles. The van der Waals surface area contributed by atoms with Crippen LogP contribution < -0.4 is 25.4 Å². The number of benzene rings is 2. The summed E-state index contributed by atoms with van der Waals surface area (Å²) in [5.74, 6) is 0.704. The van der Waals surface area contributed by atoms with Gasteiger partial charge in [-0.15, -0.1) is 0 Å². The topological polar surface area (TPSA) is 88.7 Å². The Morgan fingerprint density at radius 3 is 2.48 bits per heavy atom. The van der Waals surface area contributed by atoms with Gasteiger partial charge >= 0.3 is 0 Å². The first-order valence-corrected chi connectivity index (χ1v) is 11.3. The third-order valence-electron chi connectivity index (χ3n) is 5.39. The van der Waals surface area contributed by atoms with E-state index in [0.717, 1.165) is 31.2 Å². The fourth-order valence-corrected chi connectivity index (χ4v) is 3.92. The van der Waals surface area contributed by atoms with Crippen molar-refractivity contribution in [3.05, 3.63) is 59.7 Å². The maximum absolute atomic E-state index is 12.6. The Hall–Kier alpha value is -3.39. The fourth-order valence-electron chi connectivity index (χ4n) is 3.70. The van der Waals surface area contributed by atoms with E-state index in [1.165, 1.54) is 12.5 Å². The molecular weight excluding hydrogens is 438 g/mol. The lowest BCUT2D eigenvalue weighted by Gasteiger charge is -2.22. The molecule has 0 spiro atoms. The van der Waals surface area contributed by atoms with Gasteiger partial charge in [-0.25, -0.2) is 0 Å². The number of carbonyl (C=O) groups excluding carboxylic acids is 2. The lowest BCUT2D eigenvalue weighted by atomic mass is 9.95. The van der Waals surface area contributed by atoms with Gasteiger partial charge in [0.15, 0.2) is 16.6 Å². The zero-order chi connectivity index (χ0) is 23.6. The third kappa shape index (κ3) is 7.32. The van der Waals surface area contributed by atoms with Crippen molar-refractivity contribution < 1.29 is 19.1 Å². The number of amides is 2. The molecule has 0 unspecified atom stereocenters. The normalized spacial score (nSPS) is 13.9. The summed E-state index contributed by atoms with van der Waals surface area (Å²) in [5.41, 5.74) is 1.95. The third-order valence-corrected chi connectivity index (χ3v) is 5.60. The largest absolute Gasteiger partial charge is 0.493 e. The minimum Gasteiger partial charge on any atom is -0.493 e. The van der Waals surface area contributed by atoms with Crippen LogP contribution in [0.15, 0.2) is 48.5 Å². The van der Waals surface area contributed by atoms with Gasteiger partial charge in [0.05, 0.1) is 14.2 Å². The van der Waals surface area contributed by atoms with Gasteiger partial charge < -0.3 is 20.1 Å². The average molecular weight is 468 g/mol. The Morgan fingerprint density at radius 2 is 1.76 bits per heavy atom. The molecule has 0 atom stereocenters. The number of carbonyl (C=O) groups is 2. The summed E-state index contributed by atoms with van der Waals surface area (Å²) in [6.45, 7) is 0. The molecule has 8 heteroatoms. The Labute approximate surface area is 199 Å². The van der Waals surface area contributed by atoms with Gasteiger partial charge in [-0.05, 0) is 67.0 Å². The van der Waals surface area contributed by atoms with E-state index in [-0.39, 0.29) is 23.0 Å². The van der Waals surface area contributed by atoms with E-state index in [1.54, 1.807) is 56.7 Å². The van der Waals surface area contributed by atoms with Gasteiger partial charge in [-0.1, -0.05) is 31.4 Å². The average Bonchev–Trinajstić information content (AvgIpc) is 2.83. The summed E-state index contributed by atoms with van der Waals surface area (Å²) in [7, 11) is 3.12. The van der Waals surface area contributed by atoms with Crippen molar-refractivity contribution in [3.63, 3.8) is 0 Å². The Bertz CT molecular complexity index is 1030. The van der Waals surface area contributed by atoms with Gasteiger partial charge in [-0.3, -0.25) is 14.9 Å². The minimum absolute atomic E-state index is 0.0987. The van der Waals surface area contributed by atoms with Gasteiger partial charge in [0, 0.05) is 23.4 Å². The van der Waals surface area contributed by atoms with E-state index in [1.807, 2.05) is 6.07 Å². The summed E-state index contributed by atoms with van der Waals surface area (Å²) in [6, 6.07) is 12.6. The van der Waals surface area contributed by atoms with Crippen LogP contribution in [-0.2, 0) is 4.79 Å². The molecule has 0 radical (unpaired) electrons. The van der Waals surface area contributed by atoms with E-state index < -0.39 is 0 Å². The first-order chi connectivity index (χ1) is 16.0. The van der Waals surface area contributed by atoms with Crippen LogP contribution in [0, 0.1) is 0 Å². The summed E-state index contributed by atoms with van der Waals surface area (Å²) >= 11 is 5.24. The van der Waals surface area contributed by atoms with Gasteiger partial charge in [0.2, 0.25) is 5.91 Å². The predicted octanol–water partition coefficient (Wildman–Crippen LogP) is 4.29. The van der Waals surface area contributed by atoms with Crippen LogP contribution in [0.3, 0.4) is 0 Å². The van der Waals surface area contributed by atoms with Crippen LogP contribution >= 0.6 is 12.2 Å². The molecular formula is C25H29N3O4S. The van der Waals surface area contributed by atoms with Crippen molar-refractivity contribution in [2.24, 2.45) is 0 Å². The highest BCUT2D eigenvalue weighted by molar-refractivity contribution is 7.80. The van der Waals surface area contributed by atoms with Crippen molar-refractivity contribution in [1.29, 1.82) is 0 Å². The van der Waals surface area contributed by atoms with E-state index in [2.05, 4.69) is 16.0 Å². The quantitative estimate of drug-likeness (QED) is 0.416. The predicted molar refractivity (Wildman–Crippen MR) is 134 cm³/mol. The minimum atomic E-state index is -0.381. The second kappa shape index (κ2) is 12.0. The lowest BCUT2D eigenvalue weighted by Crippen LogP contribution is -2.36. The summed E-state index contributed by atoms with van der Waals surface area (Å²) in [4.78, 5) is 24.8. The summed E-state index contributed by atoms with van der Waals surface area (Å²) < 4.78 is 10.5. The maximum atomic E-state index is 12.6. The van der Waals surface area contributed by atoms with Crippen molar-refractivity contribution in [3.8, 4) is 11.5 Å². The molecule has 174 valence electrons. The second-order valence-corrected chi connectivity index (χ2v) is 8.19. The van der Waals surface area contributed by atoms with Gasteiger partial charge in [-0.2, -0.15) is 0 Å². The molecule has 2 amide bonds. The Morgan fingerprint density at radius 1 is 1.00 bits per heavy atom. The van der Waals surface area contributed by atoms with Crippen LogP contribution in [0.2, 0.25) is 0 Å². The van der Waals surface area contributed by atoms with E-state index in [4.69, 9.17) is 21.7 Å². The molecule has 1 fully saturated rings. The summed E-state index contributed by atoms with van der Waals surface area (Å²) in [6.07, 6.45) is 8.62. The van der Waals surface area contributed by atoms with Crippen molar-refractivity contribution in [1.82, 2.24) is 10.6 Å². The number of hydrogen-bond donors (Lipinski definition) is 3. The van der Waals surface area contributed by atoms with Crippen molar-refractivity contribution >= 4 is 40.9 Å². The van der Waals surface area contributed by atoms with E-state index in [0.29, 0.717) is 22.7 Å². The Kier molecular flexibility index (Phi) is 8.83. The highest BCUT2D eigenvalue weighted by atomic mass is 32.1. The number of nitrogens with one attached hydrogen (secondary N) is 3. The number of rotatable bonds is 7. The monoisotopic (exact) mass is 467 g/mol. The van der Waals surface area contributed by atoms with E-state index >= 15 is 0 Å². The zero-order valence-corrected chi connectivity index (χ0v) is 19.7. The van der Waals surface area contributed by atoms with Crippen molar-refractivity contribution in [2.45, 2.75) is 38.1 Å². The zero-order valence-electron chi connectivity index (χ0n) is 18.9. The van der Waals surface area contributed by atoms with Crippen LogP contribution in [0.25, 0.3) is 6.08 Å². The van der Waals surface area contributed by atoms with Crippen LogP contribution in [0.5, 0.6) is 11.5 Å². The van der Waals surface area contributed by atoms with Gasteiger partial charge in [0.25, 0.3) is 5.91 Å². The molecule has 3 rings (SSSR count). The van der Waals surface area contributed by atoms with Gasteiger partial charge in [0.1, 0.15) is 0 Å². The Balaban J connectivity index is 1.53. The van der Waals surface area contributed by atoms with Crippen LogP contribution in [0.4, 0.5) is 5.69 Å². The first kappa shape index (κ1) is 24.3. The summed E-state index contributed by atoms with van der Waals surface area (Å²) in [5, 5.41) is 8.80. The smallest absolute Gasteiger partial charge is 0.251 e. The molecule has 0 saturated heterocycles. The fraction of sp³-hybridized carbons (Fsp3) is 0.320. The second-order valence-electron chi connectivity index (χ2n) is 7.78. The first-order valence-electron chi connectivity index (χ1n) is 10.9. The van der Waals surface area contributed by atoms with Crippen LogP contribution in [-0.4, -0.2) is 37.2 Å². The number of methoxy groups -OCH3 is 2. The highest BCUT2D eigenvalue weighted by Crippen LogP contribution is 2.28. The SMILES string of the molecule is COc1ccc(/C=C/C(=O)NC(=S)Nc2cccc(C(=O)NC3CCCCC3)c2)cc1OC. The molecule has 3 N–H and O–H groups in total. The van der Waals surface area contributed by atoms with Crippen molar-refractivity contribution in [2.75, 3.05) is 19.5 Å². The standard InChI is InChI=1S/C25H29N3O4S/c1-31-21-13-11-17(15-22(21)32-2)12-14-23(29)28-25(33)27-20-10-6-7-18(16-20)24(30)26-19-8-4-3-5-9-19/h6-7,10-16,19H,3-5,8-9H2,1-2H3,(H,26,30)(H2,27,28,29,33)/b14-12+. The number of ether oxygens (including phenoxy) is 2. The molecule has 1 saturated carbocycles. The number of hydrogen-bond acceptors (Lipinski definition) is 5. The molecule has 1 aliphatic rings. The number of anilines is 1. The molecule has 2 aromatic carbocycles. The number of thiocarbonyl (C=S) groups is 1. The molecule has 33 heavy (non-hydrogen) atoms. The molecule has 0 aliphatic heterocycles. The highest BCUT2D eigenvalue weighted by Gasteiger charge is 2.17. The molecule has 2 aromatic rings. The molecule has 0 aromatic heterocycles. The van der Waals surface area contributed by atoms with Crippen LogP contribution in [0.1, 0.15) is 48.0 Å². The molecule has 0 bridgehead atoms. The maximum Gasteiger partial charge on any atom is 0.251 e. The molecule has 1 aliphatic carbocycles. The molecule has 7 nitrogen and oxygen atoms in total. The van der Waals surface area contributed by atoms with E-state index in [9.17, 15) is 9.59 Å².